The zero-order valence-corrected chi connectivity index (χ0v) is 5.73. The molecule has 0 unspecified atom stereocenters. The minimum absolute atomic E-state index is 0.470. The number of rotatable bonds is 0. The first-order valence-electron chi connectivity index (χ1n) is 3.12. The van der Waals surface area contributed by atoms with Crippen molar-refractivity contribution in [1.29, 1.82) is 0 Å². The number of fused-ring (bicyclic) bond motifs is 1. The normalized spacial score (nSPS) is 10.5. The SMILES string of the molecule is Nc1cc2cc(N)nn2cn1. The summed E-state index contributed by atoms with van der Waals surface area (Å²) in [6.07, 6.45) is 1.53. The molecule has 5 nitrogen and oxygen atoms in total. The van der Waals surface area contributed by atoms with Crippen molar-refractivity contribution < 1.29 is 0 Å². The van der Waals surface area contributed by atoms with Gasteiger partial charge in [-0.05, 0) is 0 Å². The van der Waals surface area contributed by atoms with E-state index < -0.39 is 0 Å². The average molecular weight is 149 g/mol. The fourth-order valence-corrected chi connectivity index (χ4v) is 0.939. The average Bonchev–Trinajstić information content (AvgIpc) is 2.27. The van der Waals surface area contributed by atoms with Crippen LogP contribution in [0.5, 0.6) is 0 Å². The van der Waals surface area contributed by atoms with E-state index >= 15 is 0 Å². The lowest BCUT2D eigenvalue weighted by molar-refractivity contribution is 0.930. The maximum Gasteiger partial charge on any atom is 0.146 e. The molecule has 11 heavy (non-hydrogen) atoms. The molecule has 0 radical (unpaired) electrons. The molecule has 2 aromatic heterocycles. The van der Waals surface area contributed by atoms with Gasteiger partial charge in [0.2, 0.25) is 0 Å². The summed E-state index contributed by atoms with van der Waals surface area (Å²) in [6, 6.07) is 3.45. The quantitative estimate of drug-likeness (QED) is 0.547. The maximum absolute atomic E-state index is 5.44. The maximum atomic E-state index is 5.44. The summed E-state index contributed by atoms with van der Waals surface area (Å²) in [5, 5.41) is 3.93. The van der Waals surface area contributed by atoms with Crippen LogP contribution in [0.2, 0.25) is 0 Å². The van der Waals surface area contributed by atoms with Gasteiger partial charge in [0.1, 0.15) is 18.0 Å². The van der Waals surface area contributed by atoms with Gasteiger partial charge in [-0.1, -0.05) is 0 Å². The first kappa shape index (κ1) is 5.96. The van der Waals surface area contributed by atoms with Gasteiger partial charge in [-0.15, -0.1) is 5.10 Å². The van der Waals surface area contributed by atoms with Crippen LogP contribution in [0, 0.1) is 0 Å². The van der Waals surface area contributed by atoms with E-state index in [2.05, 4.69) is 10.1 Å². The lowest BCUT2D eigenvalue weighted by atomic mass is 10.4. The van der Waals surface area contributed by atoms with Gasteiger partial charge in [0.25, 0.3) is 0 Å². The second kappa shape index (κ2) is 1.85. The van der Waals surface area contributed by atoms with E-state index in [0.717, 1.165) is 5.52 Å². The smallest absolute Gasteiger partial charge is 0.146 e. The molecule has 0 aliphatic carbocycles. The summed E-state index contributed by atoms with van der Waals surface area (Å²) in [4.78, 5) is 3.84. The fourth-order valence-electron chi connectivity index (χ4n) is 0.939. The second-order valence-corrected chi connectivity index (χ2v) is 2.25. The van der Waals surface area contributed by atoms with E-state index in [1.165, 1.54) is 6.33 Å². The van der Waals surface area contributed by atoms with Crippen molar-refractivity contribution in [3.05, 3.63) is 18.5 Å². The summed E-state index contributed by atoms with van der Waals surface area (Å²) < 4.78 is 1.58. The van der Waals surface area contributed by atoms with Gasteiger partial charge in [0, 0.05) is 12.1 Å². The number of hydrogen-bond acceptors (Lipinski definition) is 4. The molecule has 2 rings (SSSR count). The molecule has 5 heteroatoms. The molecule has 0 spiro atoms. The highest BCUT2D eigenvalue weighted by atomic mass is 15.3. The fraction of sp³-hybridized carbons (Fsp3) is 0. The van der Waals surface area contributed by atoms with Crippen molar-refractivity contribution >= 4 is 17.2 Å². The largest absolute Gasteiger partial charge is 0.384 e. The molecule has 0 amide bonds. The Morgan fingerprint density at radius 2 is 1.91 bits per heavy atom. The molecule has 4 N–H and O–H groups in total. The minimum Gasteiger partial charge on any atom is -0.384 e. The zero-order valence-electron chi connectivity index (χ0n) is 5.73. The van der Waals surface area contributed by atoms with E-state index in [9.17, 15) is 0 Å². The second-order valence-electron chi connectivity index (χ2n) is 2.25. The van der Waals surface area contributed by atoms with Crippen LogP contribution in [0.4, 0.5) is 11.6 Å². The number of anilines is 2. The molecule has 2 heterocycles. The molecule has 0 fully saturated rings. The molecular weight excluding hydrogens is 142 g/mol. The molecule has 0 aliphatic heterocycles. The van der Waals surface area contributed by atoms with Gasteiger partial charge in [-0.2, -0.15) is 0 Å². The van der Waals surface area contributed by atoms with Gasteiger partial charge < -0.3 is 11.5 Å². The summed E-state index contributed by atoms with van der Waals surface area (Å²) in [7, 11) is 0. The summed E-state index contributed by atoms with van der Waals surface area (Å²) in [5.74, 6) is 0.940. The van der Waals surface area contributed by atoms with Crippen molar-refractivity contribution in [2.24, 2.45) is 0 Å². The van der Waals surface area contributed by atoms with Crippen LogP contribution >= 0.6 is 0 Å². The van der Waals surface area contributed by atoms with E-state index in [0.29, 0.717) is 11.6 Å². The molecule has 0 bridgehead atoms. The summed E-state index contributed by atoms with van der Waals surface area (Å²) in [6.45, 7) is 0. The highest BCUT2D eigenvalue weighted by Gasteiger charge is 1.97. The number of nitrogen functional groups attached to an aromatic ring is 2. The molecule has 2 aromatic rings. The standard InChI is InChI=1S/C6H7N5/c7-5-1-4-2-6(8)10-11(4)3-9-5/h1-3H,7H2,(H2,8,10). The molecule has 0 atom stereocenters. The third-order valence-electron chi connectivity index (χ3n) is 1.40. The van der Waals surface area contributed by atoms with Crippen molar-refractivity contribution in [1.82, 2.24) is 14.6 Å². The van der Waals surface area contributed by atoms with Crippen LogP contribution < -0.4 is 11.5 Å². The van der Waals surface area contributed by atoms with E-state index in [4.69, 9.17) is 11.5 Å². The van der Waals surface area contributed by atoms with Crippen molar-refractivity contribution in [2.75, 3.05) is 11.5 Å². The first-order valence-corrected chi connectivity index (χ1v) is 3.12. The topological polar surface area (TPSA) is 82.2 Å². The Hall–Kier alpha value is -1.78. The molecule has 56 valence electrons. The van der Waals surface area contributed by atoms with E-state index in [-0.39, 0.29) is 0 Å². The van der Waals surface area contributed by atoms with Crippen LogP contribution in [0.15, 0.2) is 18.5 Å². The molecule has 0 saturated heterocycles. The Balaban J connectivity index is 2.82. The Kier molecular flexibility index (Phi) is 1.00. The molecule has 0 aliphatic rings. The predicted molar refractivity (Wildman–Crippen MR) is 41.8 cm³/mol. The predicted octanol–water partition coefficient (Wildman–Crippen LogP) is -0.106. The first-order chi connectivity index (χ1) is 5.25. The Bertz CT molecular complexity index is 391. The lowest BCUT2D eigenvalue weighted by Gasteiger charge is -1.91. The van der Waals surface area contributed by atoms with Gasteiger partial charge in [0.15, 0.2) is 0 Å². The van der Waals surface area contributed by atoms with Crippen molar-refractivity contribution in [3.8, 4) is 0 Å². The Labute approximate surface area is 62.6 Å². The Morgan fingerprint density at radius 1 is 1.18 bits per heavy atom. The van der Waals surface area contributed by atoms with E-state index in [1.807, 2.05) is 0 Å². The number of nitrogens with two attached hydrogens (primary N) is 2. The highest BCUT2D eigenvalue weighted by Crippen LogP contribution is 2.08. The van der Waals surface area contributed by atoms with Gasteiger partial charge in [0.05, 0.1) is 5.52 Å². The number of aromatic nitrogens is 3. The van der Waals surface area contributed by atoms with Crippen molar-refractivity contribution in [3.63, 3.8) is 0 Å². The Morgan fingerprint density at radius 3 is 2.73 bits per heavy atom. The zero-order chi connectivity index (χ0) is 7.84. The van der Waals surface area contributed by atoms with Crippen LogP contribution in [-0.4, -0.2) is 14.6 Å². The van der Waals surface area contributed by atoms with Gasteiger partial charge in [-0.25, -0.2) is 9.50 Å². The summed E-state index contributed by atoms with van der Waals surface area (Å²) >= 11 is 0. The third-order valence-corrected chi connectivity index (χ3v) is 1.40. The number of nitrogens with zero attached hydrogens (tertiary/aromatic N) is 3. The van der Waals surface area contributed by atoms with Crippen LogP contribution in [0.25, 0.3) is 5.52 Å². The minimum atomic E-state index is 0.470. The van der Waals surface area contributed by atoms with Crippen LogP contribution in [0.1, 0.15) is 0 Å². The van der Waals surface area contributed by atoms with Crippen molar-refractivity contribution in [2.45, 2.75) is 0 Å². The van der Waals surface area contributed by atoms with Crippen LogP contribution in [-0.2, 0) is 0 Å². The number of hydrogen-bond donors (Lipinski definition) is 2. The van der Waals surface area contributed by atoms with Gasteiger partial charge in [-0.3, -0.25) is 0 Å². The molecular formula is C6H7N5. The summed E-state index contributed by atoms with van der Waals surface area (Å²) in [5.41, 5.74) is 11.7. The lowest BCUT2D eigenvalue weighted by Crippen LogP contribution is -1.94. The highest BCUT2D eigenvalue weighted by molar-refractivity contribution is 5.57. The molecule has 0 aromatic carbocycles. The molecule has 0 saturated carbocycles. The monoisotopic (exact) mass is 149 g/mol. The van der Waals surface area contributed by atoms with Crippen LogP contribution in [0.3, 0.4) is 0 Å². The van der Waals surface area contributed by atoms with E-state index in [1.54, 1.807) is 16.6 Å². The van der Waals surface area contributed by atoms with Gasteiger partial charge >= 0.3 is 0 Å². The third kappa shape index (κ3) is 0.861.